The Kier molecular flexibility index (Phi) is 6.52. The molecule has 2 unspecified atom stereocenters. The maximum Gasteiger partial charge on any atom is 0.408 e. The second-order valence-corrected chi connectivity index (χ2v) is 5.89. The number of nitrogens with one attached hydrogen (secondary N) is 1. The summed E-state index contributed by atoms with van der Waals surface area (Å²) >= 11 is 0. The summed E-state index contributed by atoms with van der Waals surface area (Å²) < 4.78 is 36.2. The zero-order valence-corrected chi connectivity index (χ0v) is 13.4. The van der Waals surface area contributed by atoms with Crippen LogP contribution >= 0.6 is 0 Å². The van der Waals surface area contributed by atoms with Gasteiger partial charge in [0.05, 0.1) is 7.11 Å². The Bertz CT molecular complexity index is 545. The number of carbonyl (C=O) groups excluding carboxylic acids is 2. The molecule has 0 aromatic heterocycles. The fourth-order valence-electron chi connectivity index (χ4n) is 2.82. The zero-order valence-electron chi connectivity index (χ0n) is 13.4. The molecule has 24 heavy (non-hydrogen) atoms. The predicted octanol–water partition coefficient (Wildman–Crippen LogP) is 2.93. The van der Waals surface area contributed by atoms with Gasteiger partial charge in [0.2, 0.25) is 0 Å². The van der Waals surface area contributed by atoms with Crippen molar-refractivity contribution in [1.29, 1.82) is 0 Å². The van der Waals surface area contributed by atoms with Crippen LogP contribution in [0.15, 0.2) is 30.3 Å². The van der Waals surface area contributed by atoms with E-state index < -0.39 is 30.4 Å². The quantitative estimate of drug-likeness (QED) is 0.808. The third-order valence-electron chi connectivity index (χ3n) is 4.07. The average Bonchev–Trinajstić information content (AvgIpc) is 2.90. The summed E-state index contributed by atoms with van der Waals surface area (Å²) in [4.78, 5) is 23.7. The normalized spacial score (nSPS) is 24.2. The lowest BCUT2D eigenvalue weighted by Gasteiger charge is -2.19. The molecule has 0 heterocycles. The molecule has 1 N–H and O–H groups in total. The first-order chi connectivity index (χ1) is 11.5. The second-order valence-electron chi connectivity index (χ2n) is 5.89. The first-order valence-corrected chi connectivity index (χ1v) is 7.82. The van der Waals surface area contributed by atoms with Crippen molar-refractivity contribution in [3.63, 3.8) is 0 Å². The van der Waals surface area contributed by atoms with Gasteiger partial charge < -0.3 is 14.8 Å². The number of halogens is 2. The molecule has 132 valence electrons. The minimum Gasteiger partial charge on any atom is -0.467 e. The number of hydrogen-bond acceptors (Lipinski definition) is 4. The first-order valence-electron chi connectivity index (χ1n) is 7.82. The Labute approximate surface area is 139 Å². The summed E-state index contributed by atoms with van der Waals surface area (Å²) in [6.07, 6.45) is -3.61. The van der Waals surface area contributed by atoms with Gasteiger partial charge in [0.15, 0.2) is 0 Å². The number of esters is 1. The number of benzene rings is 1. The lowest BCUT2D eigenvalue weighted by molar-refractivity contribution is -0.143. The lowest BCUT2D eigenvalue weighted by Crippen LogP contribution is -2.42. The van der Waals surface area contributed by atoms with Crippen LogP contribution in [0.3, 0.4) is 0 Å². The van der Waals surface area contributed by atoms with Gasteiger partial charge in [-0.25, -0.2) is 18.4 Å². The van der Waals surface area contributed by atoms with Crippen molar-refractivity contribution in [2.45, 2.75) is 44.3 Å². The van der Waals surface area contributed by atoms with Crippen LogP contribution in [0.4, 0.5) is 13.6 Å². The molecule has 0 saturated heterocycles. The third kappa shape index (κ3) is 5.18. The highest BCUT2D eigenvalue weighted by atomic mass is 19.2. The van der Waals surface area contributed by atoms with E-state index in [-0.39, 0.29) is 31.8 Å². The highest BCUT2D eigenvalue weighted by Gasteiger charge is 2.37. The minimum atomic E-state index is -1.52. The highest BCUT2D eigenvalue weighted by Crippen LogP contribution is 2.33. The van der Waals surface area contributed by atoms with Crippen molar-refractivity contribution in [1.82, 2.24) is 5.32 Å². The number of ether oxygens (including phenoxy) is 2. The minimum absolute atomic E-state index is 0.0371. The molecular weight excluding hydrogens is 320 g/mol. The SMILES string of the molecule is COC(=O)C(CC1C[C@@H](F)[C@@H](F)C1)NC(=O)OCc1ccccc1. The average molecular weight is 341 g/mol. The largest absolute Gasteiger partial charge is 0.467 e. The number of amides is 1. The third-order valence-corrected chi connectivity index (χ3v) is 4.07. The summed E-state index contributed by atoms with van der Waals surface area (Å²) in [5, 5.41) is 2.41. The maximum atomic E-state index is 13.3. The lowest BCUT2D eigenvalue weighted by atomic mass is 9.98. The monoisotopic (exact) mass is 341 g/mol. The van der Waals surface area contributed by atoms with Crippen molar-refractivity contribution in [2.24, 2.45) is 5.92 Å². The van der Waals surface area contributed by atoms with Crippen molar-refractivity contribution in [2.75, 3.05) is 7.11 Å². The molecule has 1 amide bonds. The van der Waals surface area contributed by atoms with Crippen LogP contribution in [-0.2, 0) is 20.9 Å². The number of carbonyl (C=O) groups is 2. The molecule has 1 aliphatic carbocycles. The Hall–Kier alpha value is -2.18. The molecular formula is C17H21F2NO4. The van der Waals surface area contributed by atoms with Gasteiger partial charge in [0, 0.05) is 0 Å². The van der Waals surface area contributed by atoms with Crippen molar-refractivity contribution in [3.8, 4) is 0 Å². The standard InChI is InChI=1S/C17H21F2NO4/c1-23-16(21)15(9-12-7-13(18)14(19)8-12)20-17(22)24-10-11-5-3-2-4-6-11/h2-6,12-15H,7-10H2,1H3,(H,20,22)/t12?,13-,14+,15?. The number of hydrogen-bond donors (Lipinski definition) is 1. The molecule has 5 nitrogen and oxygen atoms in total. The Morgan fingerprint density at radius 3 is 2.42 bits per heavy atom. The number of alkyl carbamates (subject to hydrolysis) is 1. The molecule has 1 fully saturated rings. The van der Waals surface area contributed by atoms with E-state index in [0.29, 0.717) is 0 Å². The summed E-state index contributed by atoms with van der Waals surface area (Å²) in [5.74, 6) is -0.988. The second kappa shape index (κ2) is 8.61. The van der Waals surface area contributed by atoms with Gasteiger partial charge in [-0.3, -0.25) is 0 Å². The summed E-state index contributed by atoms with van der Waals surface area (Å²) in [6, 6.07) is 8.08. The van der Waals surface area contributed by atoms with E-state index in [4.69, 9.17) is 4.74 Å². The van der Waals surface area contributed by atoms with Crippen molar-refractivity contribution in [3.05, 3.63) is 35.9 Å². The van der Waals surface area contributed by atoms with Crippen LogP contribution in [0.2, 0.25) is 0 Å². The van der Waals surface area contributed by atoms with E-state index in [1.54, 1.807) is 12.1 Å². The molecule has 0 spiro atoms. The number of alkyl halides is 2. The van der Waals surface area contributed by atoms with Gasteiger partial charge in [-0.05, 0) is 30.7 Å². The summed E-state index contributed by atoms with van der Waals surface area (Å²) in [5.41, 5.74) is 0.804. The van der Waals surface area contributed by atoms with Crippen LogP contribution in [0.5, 0.6) is 0 Å². The van der Waals surface area contributed by atoms with Gasteiger partial charge >= 0.3 is 12.1 Å². The van der Waals surface area contributed by atoms with E-state index in [9.17, 15) is 18.4 Å². The molecule has 1 aromatic carbocycles. The van der Waals surface area contributed by atoms with Gasteiger partial charge in [-0.15, -0.1) is 0 Å². The van der Waals surface area contributed by atoms with Crippen LogP contribution in [0.1, 0.15) is 24.8 Å². The predicted molar refractivity (Wildman–Crippen MR) is 82.7 cm³/mol. The molecule has 1 aliphatic rings. The van der Waals surface area contributed by atoms with Gasteiger partial charge in [0.1, 0.15) is 25.0 Å². The highest BCUT2D eigenvalue weighted by molar-refractivity contribution is 5.81. The molecule has 2 rings (SSSR count). The smallest absolute Gasteiger partial charge is 0.408 e. The Morgan fingerprint density at radius 2 is 1.83 bits per heavy atom. The number of rotatable bonds is 6. The van der Waals surface area contributed by atoms with Crippen LogP contribution in [-0.4, -0.2) is 37.6 Å². The topological polar surface area (TPSA) is 64.6 Å². The molecule has 0 aliphatic heterocycles. The summed E-state index contributed by atoms with van der Waals surface area (Å²) in [6.45, 7) is 0.0586. The van der Waals surface area contributed by atoms with Crippen LogP contribution in [0, 0.1) is 5.92 Å². The first kappa shape index (κ1) is 18.2. The zero-order chi connectivity index (χ0) is 17.5. The van der Waals surface area contributed by atoms with Gasteiger partial charge in [-0.1, -0.05) is 30.3 Å². The fraction of sp³-hybridized carbons (Fsp3) is 0.529. The van der Waals surface area contributed by atoms with E-state index in [1.807, 2.05) is 18.2 Å². The van der Waals surface area contributed by atoms with E-state index in [1.165, 1.54) is 7.11 Å². The van der Waals surface area contributed by atoms with Crippen molar-refractivity contribution >= 4 is 12.1 Å². The van der Waals surface area contributed by atoms with E-state index in [2.05, 4.69) is 10.1 Å². The maximum absolute atomic E-state index is 13.3. The molecule has 1 saturated carbocycles. The van der Waals surface area contributed by atoms with Gasteiger partial charge in [0.25, 0.3) is 0 Å². The van der Waals surface area contributed by atoms with Crippen LogP contribution in [0.25, 0.3) is 0 Å². The molecule has 7 heteroatoms. The van der Waals surface area contributed by atoms with E-state index in [0.717, 1.165) is 5.56 Å². The fourth-order valence-corrected chi connectivity index (χ4v) is 2.82. The summed E-state index contributed by atoms with van der Waals surface area (Å²) in [7, 11) is 1.19. The molecule has 0 radical (unpaired) electrons. The Morgan fingerprint density at radius 1 is 1.21 bits per heavy atom. The molecule has 4 atom stereocenters. The van der Waals surface area contributed by atoms with Gasteiger partial charge in [-0.2, -0.15) is 0 Å². The Balaban J connectivity index is 1.86. The van der Waals surface area contributed by atoms with Crippen molar-refractivity contribution < 1.29 is 27.8 Å². The molecule has 0 bridgehead atoms. The van der Waals surface area contributed by atoms with E-state index >= 15 is 0 Å². The number of methoxy groups -OCH3 is 1. The molecule has 1 aromatic rings. The van der Waals surface area contributed by atoms with Crippen LogP contribution < -0.4 is 5.32 Å².